The third kappa shape index (κ3) is 3.52. The van der Waals surface area contributed by atoms with Crippen molar-refractivity contribution < 1.29 is 13.9 Å². The van der Waals surface area contributed by atoms with Crippen LogP contribution >= 0.6 is 0 Å². The lowest BCUT2D eigenvalue weighted by Crippen LogP contribution is -2.39. The van der Waals surface area contributed by atoms with Gasteiger partial charge in [0.15, 0.2) is 11.6 Å². The summed E-state index contributed by atoms with van der Waals surface area (Å²) in [5.74, 6) is -0.213. The molecule has 122 valence electrons. The largest absolute Gasteiger partial charge is 0.494 e. The van der Waals surface area contributed by atoms with Crippen LogP contribution in [0.25, 0.3) is 0 Å². The molecule has 0 N–H and O–H groups in total. The SMILES string of the molecule is COc1ccc(CC(=O)N2CCC[C@@H]2Cn2cccn2)cc1F. The summed E-state index contributed by atoms with van der Waals surface area (Å²) >= 11 is 0. The standard InChI is InChI=1S/C17H20FN3O2/c1-23-16-6-5-13(10-15(16)18)11-17(22)21-9-2-4-14(21)12-20-8-3-7-19-20/h3,5-8,10,14H,2,4,9,11-12H2,1H3/t14-/m1/s1. The Morgan fingerprint density at radius 3 is 3.04 bits per heavy atom. The van der Waals surface area contributed by atoms with Crippen LogP contribution in [0, 0.1) is 5.82 Å². The predicted octanol–water partition coefficient (Wildman–Crippen LogP) is 2.26. The number of ether oxygens (including phenoxy) is 1. The smallest absolute Gasteiger partial charge is 0.227 e. The highest BCUT2D eigenvalue weighted by Gasteiger charge is 2.29. The van der Waals surface area contributed by atoms with E-state index in [1.807, 2.05) is 21.8 Å². The van der Waals surface area contributed by atoms with E-state index in [0.717, 1.165) is 19.4 Å². The van der Waals surface area contributed by atoms with Crippen molar-refractivity contribution in [3.63, 3.8) is 0 Å². The number of benzene rings is 1. The highest BCUT2D eigenvalue weighted by molar-refractivity contribution is 5.79. The van der Waals surface area contributed by atoms with Crippen molar-refractivity contribution in [1.82, 2.24) is 14.7 Å². The molecular formula is C17H20FN3O2. The fourth-order valence-corrected chi connectivity index (χ4v) is 3.07. The highest BCUT2D eigenvalue weighted by Crippen LogP contribution is 2.22. The van der Waals surface area contributed by atoms with Crippen LogP contribution in [0.3, 0.4) is 0 Å². The molecule has 0 unspecified atom stereocenters. The van der Waals surface area contributed by atoms with Gasteiger partial charge in [-0.05, 0) is 36.6 Å². The van der Waals surface area contributed by atoms with Crippen molar-refractivity contribution >= 4 is 5.91 Å². The summed E-state index contributed by atoms with van der Waals surface area (Å²) in [6.45, 7) is 1.46. The Hall–Kier alpha value is -2.37. The number of hydrogen-bond acceptors (Lipinski definition) is 3. The first-order valence-corrected chi connectivity index (χ1v) is 7.76. The maximum atomic E-state index is 13.7. The fraction of sp³-hybridized carbons (Fsp3) is 0.412. The van der Waals surface area contributed by atoms with E-state index >= 15 is 0 Å². The number of amides is 1. The summed E-state index contributed by atoms with van der Waals surface area (Å²) in [5, 5.41) is 4.20. The van der Waals surface area contributed by atoms with Gasteiger partial charge in [0.2, 0.25) is 5.91 Å². The Labute approximate surface area is 134 Å². The summed E-state index contributed by atoms with van der Waals surface area (Å²) < 4.78 is 20.5. The van der Waals surface area contributed by atoms with Crippen LogP contribution in [0.1, 0.15) is 18.4 Å². The van der Waals surface area contributed by atoms with Crippen LogP contribution in [0.4, 0.5) is 4.39 Å². The lowest BCUT2D eigenvalue weighted by Gasteiger charge is -2.25. The van der Waals surface area contributed by atoms with E-state index in [2.05, 4.69) is 5.10 Å². The molecule has 3 rings (SSSR count). The van der Waals surface area contributed by atoms with E-state index in [9.17, 15) is 9.18 Å². The first kappa shape index (κ1) is 15.5. The molecule has 5 nitrogen and oxygen atoms in total. The molecule has 2 aromatic rings. The number of carbonyl (C=O) groups excluding carboxylic acids is 1. The molecule has 0 aliphatic carbocycles. The van der Waals surface area contributed by atoms with Crippen molar-refractivity contribution in [3.8, 4) is 5.75 Å². The Morgan fingerprint density at radius 1 is 1.48 bits per heavy atom. The number of rotatable bonds is 5. The van der Waals surface area contributed by atoms with Gasteiger partial charge in [0.1, 0.15) is 0 Å². The summed E-state index contributed by atoms with van der Waals surface area (Å²) in [6.07, 6.45) is 5.81. The molecule has 1 atom stereocenters. The van der Waals surface area contributed by atoms with E-state index in [1.54, 1.807) is 18.3 Å². The van der Waals surface area contributed by atoms with E-state index in [1.165, 1.54) is 13.2 Å². The Balaban J connectivity index is 1.66. The van der Waals surface area contributed by atoms with E-state index < -0.39 is 5.82 Å². The lowest BCUT2D eigenvalue weighted by molar-refractivity contribution is -0.131. The average Bonchev–Trinajstić information content (AvgIpc) is 3.19. The number of methoxy groups -OCH3 is 1. The summed E-state index contributed by atoms with van der Waals surface area (Å²) in [4.78, 5) is 14.5. The summed E-state index contributed by atoms with van der Waals surface area (Å²) in [5.41, 5.74) is 0.665. The van der Waals surface area contributed by atoms with Crippen molar-refractivity contribution in [3.05, 3.63) is 48.0 Å². The molecule has 1 aliphatic heterocycles. The van der Waals surface area contributed by atoms with Crippen LogP contribution in [0.2, 0.25) is 0 Å². The fourth-order valence-electron chi connectivity index (χ4n) is 3.07. The average molecular weight is 317 g/mol. The van der Waals surface area contributed by atoms with Gasteiger partial charge in [-0.25, -0.2) is 4.39 Å². The molecule has 1 amide bonds. The van der Waals surface area contributed by atoms with Gasteiger partial charge in [0.05, 0.1) is 26.1 Å². The zero-order valence-corrected chi connectivity index (χ0v) is 13.1. The molecule has 1 aromatic carbocycles. The van der Waals surface area contributed by atoms with E-state index in [4.69, 9.17) is 4.74 Å². The quantitative estimate of drug-likeness (QED) is 0.850. The predicted molar refractivity (Wildman–Crippen MR) is 83.6 cm³/mol. The topological polar surface area (TPSA) is 47.4 Å². The number of nitrogens with zero attached hydrogens (tertiary/aromatic N) is 3. The molecule has 1 fully saturated rings. The van der Waals surface area contributed by atoms with Gasteiger partial charge in [-0.3, -0.25) is 9.48 Å². The summed E-state index contributed by atoms with van der Waals surface area (Å²) in [7, 11) is 1.42. The Morgan fingerprint density at radius 2 is 2.35 bits per heavy atom. The number of aromatic nitrogens is 2. The highest BCUT2D eigenvalue weighted by atomic mass is 19.1. The van der Waals surface area contributed by atoms with E-state index in [0.29, 0.717) is 12.1 Å². The molecule has 2 heterocycles. The monoisotopic (exact) mass is 317 g/mol. The Kier molecular flexibility index (Phi) is 4.60. The number of likely N-dealkylation sites (tertiary alicyclic amines) is 1. The van der Waals surface area contributed by atoms with Crippen molar-refractivity contribution in [2.45, 2.75) is 31.8 Å². The molecule has 23 heavy (non-hydrogen) atoms. The maximum absolute atomic E-state index is 13.7. The molecular weight excluding hydrogens is 297 g/mol. The molecule has 0 bridgehead atoms. The van der Waals surface area contributed by atoms with Gasteiger partial charge in [-0.15, -0.1) is 0 Å². The van der Waals surface area contributed by atoms with Crippen LogP contribution < -0.4 is 4.74 Å². The third-order valence-electron chi connectivity index (χ3n) is 4.23. The van der Waals surface area contributed by atoms with Gasteiger partial charge in [0.25, 0.3) is 0 Å². The molecule has 0 radical (unpaired) electrons. The molecule has 0 saturated carbocycles. The molecule has 1 aliphatic rings. The zero-order valence-electron chi connectivity index (χ0n) is 13.1. The van der Waals surface area contributed by atoms with Gasteiger partial charge in [0, 0.05) is 18.9 Å². The molecule has 0 spiro atoms. The lowest BCUT2D eigenvalue weighted by atomic mass is 10.1. The first-order chi connectivity index (χ1) is 11.2. The molecule has 1 saturated heterocycles. The summed E-state index contributed by atoms with van der Waals surface area (Å²) in [6, 6.07) is 6.70. The molecule has 1 aromatic heterocycles. The second kappa shape index (κ2) is 6.81. The second-order valence-corrected chi connectivity index (χ2v) is 5.76. The first-order valence-electron chi connectivity index (χ1n) is 7.76. The van der Waals surface area contributed by atoms with Gasteiger partial charge >= 0.3 is 0 Å². The number of carbonyl (C=O) groups is 1. The second-order valence-electron chi connectivity index (χ2n) is 5.76. The van der Waals surface area contributed by atoms with Crippen LogP contribution in [-0.2, 0) is 17.8 Å². The molecule has 6 heteroatoms. The normalized spacial score (nSPS) is 17.5. The Bertz CT molecular complexity index is 672. The number of hydrogen-bond donors (Lipinski definition) is 0. The minimum Gasteiger partial charge on any atom is -0.494 e. The van der Waals surface area contributed by atoms with Crippen LogP contribution in [-0.4, -0.2) is 40.3 Å². The van der Waals surface area contributed by atoms with Gasteiger partial charge in [-0.2, -0.15) is 5.10 Å². The van der Waals surface area contributed by atoms with Crippen molar-refractivity contribution in [2.75, 3.05) is 13.7 Å². The third-order valence-corrected chi connectivity index (χ3v) is 4.23. The van der Waals surface area contributed by atoms with Crippen LogP contribution in [0.15, 0.2) is 36.7 Å². The minimum atomic E-state index is -0.438. The van der Waals surface area contributed by atoms with Gasteiger partial charge in [-0.1, -0.05) is 6.07 Å². The number of halogens is 1. The van der Waals surface area contributed by atoms with Gasteiger partial charge < -0.3 is 9.64 Å². The van der Waals surface area contributed by atoms with Crippen molar-refractivity contribution in [1.29, 1.82) is 0 Å². The minimum absolute atomic E-state index is 0.0317. The van der Waals surface area contributed by atoms with E-state index in [-0.39, 0.29) is 24.1 Å². The van der Waals surface area contributed by atoms with Crippen LogP contribution in [0.5, 0.6) is 5.75 Å². The maximum Gasteiger partial charge on any atom is 0.227 e. The zero-order chi connectivity index (χ0) is 16.2. The van der Waals surface area contributed by atoms with Crippen molar-refractivity contribution in [2.24, 2.45) is 0 Å².